The van der Waals surface area contributed by atoms with E-state index in [1.165, 1.54) is 13.0 Å². The number of methoxy groups -OCH3 is 1. The van der Waals surface area contributed by atoms with Crippen molar-refractivity contribution in [1.82, 2.24) is 0 Å². The van der Waals surface area contributed by atoms with E-state index in [0.29, 0.717) is 24.2 Å². The highest BCUT2D eigenvalue weighted by Gasteiger charge is 2.21. The average molecular weight is 362 g/mol. The van der Waals surface area contributed by atoms with E-state index in [9.17, 15) is 15.0 Å². The molecule has 0 heterocycles. The fourth-order valence-electron chi connectivity index (χ4n) is 3.36. The second kappa shape index (κ2) is 8.06. The number of phenolic OH excluding ortho intramolecular Hbond substituents is 2. The first-order valence-corrected chi connectivity index (χ1v) is 8.76. The molecule has 0 atom stereocenters. The molecule has 27 heavy (non-hydrogen) atoms. The standard InChI is InChI=1S/C23H22O4/c1-15(24)22-19(11-12-27-2)23(21(26)14-20(22)25)18-10-6-9-17(13-18)16-7-4-3-5-8-16/h3-10,13-14,25-26H,11-12H2,1-2H3. The van der Waals surface area contributed by atoms with E-state index in [4.69, 9.17) is 4.74 Å². The van der Waals surface area contributed by atoms with Crippen molar-refractivity contribution in [3.8, 4) is 33.8 Å². The molecule has 3 rings (SSSR count). The van der Waals surface area contributed by atoms with Crippen molar-refractivity contribution < 1.29 is 19.7 Å². The van der Waals surface area contributed by atoms with Crippen LogP contribution in [0.3, 0.4) is 0 Å². The number of ether oxygens (including phenoxy) is 1. The van der Waals surface area contributed by atoms with Gasteiger partial charge in [0.1, 0.15) is 11.5 Å². The van der Waals surface area contributed by atoms with Gasteiger partial charge < -0.3 is 14.9 Å². The monoisotopic (exact) mass is 362 g/mol. The summed E-state index contributed by atoms with van der Waals surface area (Å²) in [7, 11) is 1.58. The molecule has 0 unspecified atom stereocenters. The Balaban J connectivity index is 2.22. The third kappa shape index (κ3) is 3.86. The Kier molecular flexibility index (Phi) is 5.57. The van der Waals surface area contributed by atoms with Crippen LogP contribution in [0, 0.1) is 0 Å². The molecule has 0 spiro atoms. The van der Waals surface area contributed by atoms with Crippen LogP contribution in [0.4, 0.5) is 0 Å². The number of hydrogen-bond donors (Lipinski definition) is 2. The molecule has 0 radical (unpaired) electrons. The summed E-state index contributed by atoms with van der Waals surface area (Å²) in [6, 6.07) is 18.9. The Hall–Kier alpha value is -3.11. The van der Waals surface area contributed by atoms with Gasteiger partial charge in [0.05, 0.1) is 12.2 Å². The highest BCUT2D eigenvalue weighted by Crippen LogP contribution is 2.41. The van der Waals surface area contributed by atoms with Gasteiger partial charge in [0.2, 0.25) is 0 Å². The topological polar surface area (TPSA) is 66.8 Å². The van der Waals surface area contributed by atoms with Crippen molar-refractivity contribution in [2.45, 2.75) is 13.3 Å². The first-order valence-electron chi connectivity index (χ1n) is 8.76. The van der Waals surface area contributed by atoms with E-state index in [1.807, 2.05) is 54.6 Å². The van der Waals surface area contributed by atoms with Crippen LogP contribution in [-0.4, -0.2) is 29.7 Å². The number of rotatable bonds is 6. The molecule has 0 saturated carbocycles. The van der Waals surface area contributed by atoms with Crippen molar-refractivity contribution in [3.05, 3.63) is 71.8 Å². The zero-order chi connectivity index (χ0) is 19.4. The smallest absolute Gasteiger partial charge is 0.163 e. The molecule has 2 N–H and O–H groups in total. The lowest BCUT2D eigenvalue weighted by atomic mass is 9.89. The number of ketones is 1. The fourth-order valence-corrected chi connectivity index (χ4v) is 3.36. The number of Topliss-reactive ketones (excluding diaryl/α,β-unsaturated/α-hetero) is 1. The fraction of sp³-hybridized carbons (Fsp3) is 0.174. The molecule has 0 amide bonds. The molecule has 0 aliphatic rings. The average Bonchev–Trinajstić information content (AvgIpc) is 2.66. The van der Waals surface area contributed by atoms with E-state index >= 15 is 0 Å². The predicted octanol–water partition coefficient (Wildman–Crippen LogP) is 4.82. The van der Waals surface area contributed by atoms with Crippen LogP contribution in [0.15, 0.2) is 60.7 Å². The van der Waals surface area contributed by atoms with Crippen LogP contribution in [0.5, 0.6) is 11.5 Å². The van der Waals surface area contributed by atoms with E-state index in [-0.39, 0.29) is 22.8 Å². The molecule has 0 bridgehead atoms. The molecular weight excluding hydrogens is 340 g/mol. The number of carbonyl (C=O) groups is 1. The second-order valence-corrected chi connectivity index (χ2v) is 6.39. The predicted molar refractivity (Wildman–Crippen MR) is 106 cm³/mol. The van der Waals surface area contributed by atoms with Gasteiger partial charge >= 0.3 is 0 Å². The highest BCUT2D eigenvalue weighted by molar-refractivity contribution is 6.01. The second-order valence-electron chi connectivity index (χ2n) is 6.39. The van der Waals surface area contributed by atoms with Crippen LogP contribution < -0.4 is 0 Å². The summed E-state index contributed by atoms with van der Waals surface area (Å²) in [4.78, 5) is 12.2. The first-order chi connectivity index (χ1) is 13.0. The van der Waals surface area contributed by atoms with Gasteiger partial charge in [-0.2, -0.15) is 0 Å². The summed E-state index contributed by atoms with van der Waals surface area (Å²) in [5, 5.41) is 20.8. The van der Waals surface area contributed by atoms with Crippen molar-refractivity contribution in [3.63, 3.8) is 0 Å². The minimum atomic E-state index is -0.251. The van der Waals surface area contributed by atoms with Gasteiger partial charge in [-0.3, -0.25) is 4.79 Å². The maximum Gasteiger partial charge on any atom is 0.163 e. The zero-order valence-electron chi connectivity index (χ0n) is 15.4. The van der Waals surface area contributed by atoms with Crippen molar-refractivity contribution >= 4 is 5.78 Å². The molecule has 0 saturated heterocycles. The molecule has 3 aromatic rings. The lowest BCUT2D eigenvalue weighted by molar-refractivity contribution is 0.101. The molecule has 138 valence electrons. The zero-order valence-corrected chi connectivity index (χ0v) is 15.4. The Morgan fingerprint density at radius 2 is 1.56 bits per heavy atom. The minimum Gasteiger partial charge on any atom is -0.507 e. The largest absolute Gasteiger partial charge is 0.507 e. The van der Waals surface area contributed by atoms with E-state index in [2.05, 4.69) is 0 Å². The van der Waals surface area contributed by atoms with Crippen LogP contribution in [0.2, 0.25) is 0 Å². The van der Waals surface area contributed by atoms with Crippen LogP contribution in [0.25, 0.3) is 22.3 Å². The maximum atomic E-state index is 12.2. The highest BCUT2D eigenvalue weighted by atomic mass is 16.5. The number of hydrogen-bond acceptors (Lipinski definition) is 4. The van der Waals surface area contributed by atoms with Crippen LogP contribution in [-0.2, 0) is 11.2 Å². The van der Waals surface area contributed by atoms with Crippen molar-refractivity contribution in [2.75, 3.05) is 13.7 Å². The number of phenols is 2. The summed E-state index contributed by atoms with van der Waals surface area (Å²) in [5.74, 6) is -0.526. The quantitative estimate of drug-likeness (QED) is 0.617. The summed E-state index contributed by atoms with van der Waals surface area (Å²) in [6.45, 7) is 1.78. The molecule has 0 aromatic heterocycles. The van der Waals surface area contributed by atoms with E-state index in [0.717, 1.165) is 16.7 Å². The van der Waals surface area contributed by atoms with Crippen molar-refractivity contribution in [1.29, 1.82) is 0 Å². The third-order valence-corrected chi connectivity index (χ3v) is 4.56. The molecule has 0 aliphatic heterocycles. The molecular formula is C23H22O4. The van der Waals surface area contributed by atoms with Crippen LogP contribution in [0.1, 0.15) is 22.8 Å². The minimum absolute atomic E-state index is 0.0613. The van der Waals surface area contributed by atoms with Crippen LogP contribution >= 0.6 is 0 Å². The normalized spacial score (nSPS) is 10.7. The Morgan fingerprint density at radius 3 is 2.22 bits per heavy atom. The van der Waals surface area contributed by atoms with Gasteiger partial charge in [-0.25, -0.2) is 0 Å². The SMILES string of the molecule is COCCc1c(C(C)=O)c(O)cc(O)c1-c1cccc(-c2ccccc2)c1. The summed E-state index contributed by atoms with van der Waals surface area (Å²) in [5.41, 5.74) is 4.21. The van der Waals surface area contributed by atoms with Gasteiger partial charge in [-0.1, -0.05) is 48.5 Å². The van der Waals surface area contributed by atoms with Gasteiger partial charge in [0.15, 0.2) is 5.78 Å². The summed E-state index contributed by atoms with van der Waals surface area (Å²) >= 11 is 0. The molecule has 0 fully saturated rings. The molecule has 4 heteroatoms. The van der Waals surface area contributed by atoms with Gasteiger partial charge in [-0.05, 0) is 41.7 Å². The molecule has 0 aliphatic carbocycles. The number of benzene rings is 3. The van der Waals surface area contributed by atoms with Crippen molar-refractivity contribution in [2.24, 2.45) is 0 Å². The molecule has 4 nitrogen and oxygen atoms in total. The van der Waals surface area contributed by atoms with Gasteiger partial charge in [0, 0.05) is 18.7 Å². The summed E-state index contributed by atoms with van der Waals surface area (Å²) in [6.07, 6.45) is 0.401. The Labute approximate surface area is 158 Å². The van der Waals surface area contributed by atoms with E-state index in [1.54, 1.807) is 7.11 Å². The Morgan fingerprint density at radius 1 is 0.889 bits per heavy atom. The maximum absolute atomic E-state index is 12.2. The van der Waals surface area contributed by atoms with E-state index < -0.39 is 0 Å². The lowest BCUT2D eigenvalue weighted by Crippen LogP contribution is -2.06. The molecule has 3 aromatic carbocycles. The first kappa shape index (κ1) is 18.7. The van der Waals surface area contributed by atoms with Gasteiger partial charge in [0.25, 0.3) is 0 Å². The third-order valence-electron chi connectivity index (χ3n) is 4.56. The Bertz CT molecular complexity index is 962. The lowest BCUT2D eigenvalue weighted by Gasteiger charge is -2.17. The number of aromatic hydroxyl groups is 2. The van der Waals surface area contributed by atoms with Gasteiger partial charge in [-0.15, -0.1) is 0 Å². The number of carbonyl (C=O) groups excluding carboxylic acids is 1. The summed E-state index contributed by atoms with van der Waals surface area (Å²) < 4.78 is 5.17.